The van der Waals surface area contributed by atoms with Gasteiger partial charge in [-0.3, -0.25) is 4.79 Å². The lowest BCUT2D eigenvalue weighted by atomic mass is 10.2. The molecule has 90 valence electrons. The minimum Gasteiger partial charge on any atom is -0.415 e. The molecule has 0 saturated heterocycles. The van der Waals surface area contributed by atoms with E-state index in [9.17, 15) is 31.1 Å². The van der Waals surface area contributed by atoms with E-state index in [-0.39, 0.29) is 0 Å². The standard InChI is InChI=1S/C5H3ClF6O3/c6-1-2(13)15-3(14,4(7,8)9)5(10,11)12/h14H,1H2. The van der Waals surface area contributed by atoms with Crippen LogP contribution in [0.2, 0.25) is 0 Å². The Labute approximate surface area is 83.6 Å². The van der Waals surface area contributed by atoms with Crippen LogP contribution in [-0.2, 0) is 9.53 Å². The van der Waals surface area contributed by atoms with Crippen molar-refractivity contribution in [2.75, 3.05) is 5.88 Å². The fourth-order valence-corrected chi connectivity index (χ4v) is 0.523. The number of hydrogen-bond acceptors (Lipinski definition) is 3. The molecule has 0 spiro atoms. The molecule has 0 aromatic rings. The lowest BCUT2D eigenvalue weighted by Gasteiger charge is -2.30. The van der Waals surface area contributed by atoms with Gasteiger partial charge in [0.1, 0.15) is 5.88 Å². The highest BCUT2D eigenvalue weighted by molar-refractivity contribution is 6.26. The van der Waals surface area contributed by atoms with Crippen LogP contribution in [0.1, 0.15) is 0 Å². The van der Waals surface area contributed by atoms with Crippen LogP contribution in [0.5, 0.6) is 0 Å². The number of ether oxygens (including phenoxy) is 1. The Morgan fingerprint density at radius 3 is 1.67 bits per heavy atom. The van der Waals surface area contributed by atoms with E-state index in [1.807, 2.05) is 0 Å². The minimum atomic E-state index is -6.20. The maximum absolute atomic E-state index is 11.8. The number of hydrogen-bond donors (Lipinski definition) is 1. The van der Waals surface area contributed by atoms with E-state index in [1.54, 1.807) is 0 Å². The van der Waals surface area contributed by atoms with Crippen molar-refractivity contribution < 1.29 is 41.0 Å². The summed E-state index contributed by atoms with van der Waals surface area (Å²) in [5, 5.41) is 8.23. The highest BCUT2D eigenvalue weighted by Crippen LogP contribution is 2.43. The molecular weight excluding hydrogens is 257 g/mol. The molecule has 0 heterocycles. The first-order valence-corrected chi connectivity index (χ1v) is 3.63. The van der Waals surface area contributed by atoms with E-state index in [0.29, 0.717) is 0 Å². The zero-order valence-corrected chi connectivity index (χ0v) is 7.37. The fourth-order valence-electron chi connectivity index (χ4n) is 0.468. The zero-order chi connectivity index (χ0) is 12.5. The molecule has 0 fully saturated rings. The molecule has 0 bridgehead atoms. The quantitative estimate of drug-likeness (QED) is 0.355. The van der Waals surface area contributed by atoms with Crippen molar-refractivity contribution >= 4 is 17.6 Å². The molecule has 0 aromatic carbocycles. The third kappa shape index (κ3) is 2.88. The van der Waals surface area contributed by atoms with Crippen molar-refractivity contribution in [1.29, 1.82) is 0 Å². The number of carbonyl (C=O) groups is 1. The molecule has 0 aliphatic rings. The van der Waals surface area contributed by atoms with Crippen LogP contribution in [0.25, 0.3) is 0 Å². The molecule has 10 heteroatoms. The number of halogens is 7. The second-order valence-corrected chi connectivity index (χ2v) is 2.51. The second kappa shape index (κ2) is 4.05. The van der Waals surface area contributed by atoms with Gasteiger partial charge < -0.3 is 9.84 Å². The molecule has 0 aliphatic heterocycles. The normalized spacial score (nSPS) is 13.9. The average molecular weight is 261 g/mol. The first kappa shape index (κ1) is 14.3. The van der Waals surface area contributed by atoms with Gasteiger partial charge in [0, 0.05) is 0 Å². The Balaban J connectivity index is 5.15. The van der Waals surface area contributed by atoms with E-state index in [1.165, 1.54) is 0 Å². The minimum absolute atomic E-state index is 1.26. The van der Waals surface area contributed by atoms with Gasteiger partial charge in [-0.1, -0.05) is 0 Å². The van der Waals surface area contributed by atoms with Crippen molar-refractivity contribution in [3.8, 4) is 0 Å². The molecule has 0 unspecified atom stereocenters. The van der Waals surface area contributed by atoms with Crippen LogP contribution < -0.4 is 0 Å². The molecule has 3 nitrogen and oxygen atoms in total. The topological polar surface area (TPSA) is 46.5 Å². The van der Waals surface area contributed by atoms with E-state index in [4.69, 9.17) is 5.11 Å². The van der Waals surface area contributed by atoms with Crippen LogP contribution in [0.15, 0.2) is 0 Å². The maximum Gasteiger partial charge on any atom is 0.465 e. The van der Waals surface area contributed by atoms with Crippen LogP contribution in [0.4, 0.5) is 26.3 Å². The Morgan fingerprint density at radius 2 is 1.47 bits per heavy atom. The van der Waals surface area contributed by atoms with Gasteiger partial charge >= 0.3 is 24.1 Å². The fraction of sp³-hybridized carbons (Fsp3) is 0.800. The van der Waals surface area contributed by atoms with Gasteiger partial charge in [-0.05, 0) is 0 Å². The lowest BCUT2D eigenvalue weighted by Crippen LogP contribution is -2.59. The smallest absolute Gasteiger partial charge is 0.415 e. The van der Waals surface area contributed by atoms with Crippen LogP contribution in [-0.4, -0.2) is 35.1 Å². The second-order valence-electron chi connectivity index (χ2n) is 2.25. The number of esters is 1. The molecule has 1 N–H and O–H groups in total. The van der Waals surface area contributed by atoms with Gasteiger partial charge in [0.25, 0.3) is 0 Å². The van der Waals surface area contributed by atoms with E-state index >= 15 is 0 Å². The molecular formula is C5H3ClF6O3. The molecule has 0 aliphatic carbocycles. The number of aliphatic hydroxyl groups is 1. The third-order valence-corrected chi connectivity index (χ3v) is 1.36. The average Bonchev–Trinajstić information content (AvgIpc) is 1.99. The first-order valence-electron chi connectivity index (χ1n) is 3.09. The molecule has 15 heavy (non-hydrogen) atoms. The number of carbonyl (C=O) groups excluding carboxylic acids is 1. The monoisotopic (exact) mass is 260 g/mol. The molecule has 0 radical (unpaired) electrons. The van der Waals surface area contributed by atoms with Crippen molar-refractivity contribution in [3.63, 3.8) is 0 Å². The third-order valence-electron chi connectivity index (χ3n) is 1.14. The summed E-state index contributed by atoms with van der Waals surface area (Å²) in [6, 6.07) is 0. The summed E-state index contributed by atoms with van der Waals surface area (Å²) >= 11 is 4.64. The summed E-state index contributed by atoms with van der Waals surface area (Å²) in [5.74, 6) is -8.84. The maximum atomic E-state index is 11.8. The van der Waals surface area contributed by atoms with Crippen molar-refractivity contribution in [3.05, 3.63) is 0 Å². The first-order chi connectivity index (χ1) is 6.45. The number of rotatable bonds is 2. The van der Waals surface area contributed by atoms with Crippen molar-refractivity contribution in [1.82, 2.24) is 0 Å². The van der Waals surface area contributed by atoms with E-state index in [2.05, 4.69) is 16.3 Å². The number of alkyl halides is 7. The zero-order valence-electron chi connectivity index (χ0n) is 6.62. The van der Waals surface area contributed by atoms with Gasteiger partial charge in [0.15, 0.2) is 0 Å². The van der Waals surface area contributed by atoms with Crippen molar-refractivity contribution in [2.45, 2.75) is 18.1 Å². The highest BCUT2D eigenvalue weighted by Gasteiger charge is 2.74. The van der Waals surface area contributed by atoms with Gasteiger partial charge in [-0.15, -0.1) is 11.6 Å². The Kier molecular flexibility index (Phi) is 3.86. The van der Waals surface area contributed by atoms with Gasteiger partial charge in [-0.25, -0.2) is 0 Å². The highest BCUT2D eigenvalue weighted by atomic mass is 35.5. The predicted molar refractivity (Wildman–Crippen MR) is 33.9 cm³/mol. The van der Waals surface area contributed by atoms with Crippen LogP contribution in [0, 0.1) is 0 Å². The Bertz CT molecular complexity index is 232. The summed E-state index contributed by atoms with van der Waals surface area (Å²) in [7, 11) is 0. The Morgan fingerprint density at radius 1 is 1.13 bits per heavy atom. The van der Waals surface area contributed by atoms with E-state index < -0.39 is 30.0 Å². The van der Waals surface area contributed by atoms with Crippen molar-refractivity contribution in [2.24, 2.45) is 0 Å². The summed E-state index contributed by atoms with van der Waals surface area (Å²) in [5.41, 5.74) is 0. The van der Waals surface area contributed by atoms with Gasteiger partial charge in [0.05, 0.1) is 0 Å². The van der Waals surface area contributed by atoms with E-state index in [0.717, 1.165) is 0 Å². The summed E-state index contributed by atoms with van der Waals surface area (Å²) in [6.07, 6.45) is -12.4. The van der Waals surface area contributed by atoms with Crippen LogP contribution >= 0.6 is 11.6 Å². The lowest BCUT2D eigenvalue weighted by molar-refractivity contribution is -0.444. The Hall–Kier alpha value is -0.700. The molecule has 0 atom stereocenters. The molecule has 0 aromatic heterocycles. The van der Waals surface area contributed by atoms with Gasteiger partial charge in [0.2, 0.25) is 0 Å². The predicted octanol–water partition coefficient (Wildman–Crippen LogP) is 1.58. The summed E-state index contributed by atoms with van der Waals surface area (Å²) in [4.78, 5) is 10.2. The largest absolute Gasteiger partial charge is 0.465 e. The van der Waals surface area contributed by atoms with Gasteiger partial charge in [-0.2, -0.15) is 26.3 Å². The molecule has 0 rings (SSSR count). The summed E-state index contributed by atoms with van der Waals surface area (Å²) in [6.45, 7) is 0. The summed E-state index contributed by atoms with van der Waals surface area (Å²) < 4.78 is 73.7. The SMILES string of the molecule is O=C(CCl)OC(O)(C(F)(F)F)C(F)(F)F. The van der Waals surface area contributed by atoms with Crippen LogP contribution in [0.3, 0.4) is 0 Å². The molecule has 0 saturated carbocycles. The molecule has 0 amide bonds.